The number of aliphatic carboxylic acids is 1. The van der Waals surface area contributed by atoms with Gasteiger partial charge in [-0.15, -0.1) is 0 Å². The minimum atomic E-state index is -2.14. The predicted octanol–water partition coefficient (Wildman–Crippen LogP) is -1.93. The van der Waals surface area contributed by atoms with Crippen LogP contribution in [0, 0.1) is 50.7 Å². The number of hydrogen-bond donors (Lipinski definition) is 13. The maximum Gasteiger partial charge on any atom is 0.335 e. The Bertz CT molecular complexity index is 2580. The third kappa shape index (κ3) is 11.8. The fraction of sp³-hybridized carbons (Fsp3) is 0.869. The molecule has 4 saturated heterocycles. The van der Waals surface area contributed by atoms with Gasteiger partial charge in [-0.1, -0.05) is 52.3 Å². The normalized spacial score (nSPS) is 50.2. The second-order valence-corrected chi connectivity index (χ2v) is 28.1. The van der Waals surface area contributed by atoms with Crippen molar-refractivity contribution in [3.8, 4) is 0 Å². The van der Waals surface area contributed by atoms with Crippen molar-refractivity contribution in [2.24, 2.45) is 50.7 Å². The van der Waals surface area contributed by atoms with Crippen LogP contribution >= 0.6 is 0 Å². The topological polar surface area (TPSA) is 424 Å². The molecule has 0 spiro atoms. The molecule has 4 heterocycles. The fourth-order valence-corrected chi connectivity index (χ4v) is 17.3. The Kier molecular flexibility index (Phi) is 20.4. The maximum atomic E-state index is 14.0. The van der Waals surface area contributed by atoms with E-state index in [-0.39, 0.29) is 30.6 Å². The van der Waals surface area contributed by atoms with E-state index in [2.05, 4.69) is 19.9 Å². The number of aliphatic hydroxyl groups excluding tert-OH is 12. The van der Waals surface area contributed by atoms with E-state index in [0.717, 1.165) is 11.9 Å². The molecule has 21 unspecified atom stereocenters. The lowest BCUT2D eigenvalue weighted by Gasteiger charge is -2.69. The Labute approximate surface area is 510 Å². The molecule has 13 N–H and O–H groups in total. The van der Waals surface area contributed by atoms with Gasteiger partial charge in [-0.25, -0.2) is 9.59 Å². The molecule has 4 saturated carbocycles. The molecule has 4 aliphatic heterocycles. The van der Waals surface area contributed by atoms with Crippen molar-refractivity contribution in [3.63, 3.8) is 0 Å². The molecule has 30 atom stereocenters. The van der Waals surface area contributed by atoms with E-state index in [1.54, 1.807) is 19.9 Å². The molecule has 0 radical (unpaired) electrons. The zero-order chi connectivity index (χ0) is 64.7. The van der Waals surface area contributed by atoms with E-state index in [1.807, 2.05) is 20.8 Å². The molecule has 8 fully saturated rings. The molecule has 500 valence electrons. The summed E-state index contributed by atoms with van der Waals surface area (Å²) >= 11 is 0. The van der Waals surface area contributed by atoms with Crippen molar-refractivity contribution in [1.29, 1.82) is 0 Å². The van der Waals surface area contributed by atoms with Crippen LogP contribution in [0.5, 0.6) is 0 Å². The summed E-state index contributed by atoms with van der Waals surface area (Å²) in [5, 5.41) is 143. The van der Waals surface area contributed by atoms with E-state index in [4.69, 9.17) is 47.4 Å². The number of esters is 2. The lowest BCUT2D eigenvalue weighted by atomic mass is 9.37. The van der Waals surface area contributed by atoms with Crippen molar-refractivity contribution in [2.75, 3.05) is 39.6 Å². The first-order valence-electron chi connectivity index (χ1n) is 30.8. The molecule has 27 heteroatoms. The van der Waals surface area contributed by atoms with Crippen molar-refractivity contribution >= 4 is 24.2 Å². The highest BCUT2D eigenvalue weighted by Gasteiger charge is 2.72. The fourth-order valence-electron chi connectivity index (χ4n) is 17.3. The molecule has 0 bridgehead atoms. The first-order valence-corrected chi connectivity index (χ1v) is 30.8. The molecule has 0 aromatic heterocycles. The predicted molar refractivity (Wildman–Crippen MR) is 298 cm³/mol. The van der Waals surface area contributed by atoms with Crippen LogP contribution < -0.4 is 0 Å². The Morgan fingerprint density at radius 2 is 1.38 bits per heavy atom. The third-order valence-electron chi connectivity index (χ3n) is 22.4. The molecule has 9 aliphatic rings. The Morgan fingerprint density at radius 3 is 2.00 bits per heavy atom. The highest BCUT2D eigenvalue weighted by molar-refractivity contribution is 5.87. The van der Waals surface area contributed by atoms with Crippen LogP contribution in [0.15, 0.2) is 23.3 Å². The Balaban J connectivity index is 1.01. The van der Waals surface area contributed by atoms with E-state index in [9.17, 15) is 85.6 Å². The molecule has 88 heavy (non-hydrogen) atoms. The summed E-state index contributed by atoms with van der Waals surface area (Å²) in [4.78, 5) is 53.5. The van der Waals surface area contributed by atoms with Gasteiger partial charge in [-0.05, 0) is 100 Å². The largest absolute Gasteiger partial charge is 0.479 e. The number of ether oxygens (including phenoxy) is 10. The molecular weight excluding hydrogens is 1160 g/mol. The molecule has 5 aliphatic carbocycles. The lowest BCUT2D eigenvalue weighted by Crippen LogP contribution is -2.71. The number of allylic oxidation sites excluding steroid dienone is 3. The molecule has 27 nitrogen and oxygen atoms in total. The van der Waals surface area contributed by atoms with E-state index < -0.39 is 225 Å². The van der Waals surface area contributed by atoms with Crippen molar-refractivity contribution in [1.82, 2.24) is 0 Å². The number of aldehydes is 1. The Morgan fingerprint density at radius 1 is 0.716 bits per heavy atom. The SMILES string of the molecule is C/C=C(\C)C(=O)OC1C(OC(C)=O)C2(CO)C(O)CC3(C)C(=CCC4C3CCC3C(C)(C=O)C(OCC5OC(C(=O)O)[C@@H](O)C(OCC6(C)OC(CO)[C@H](O)[C@H](O)[C@H]6O)C5OC5OC[C@H](O)[C@H](O)C5OC5OC[C@@H](O)[C@H](O)[C@H]5O)CCC43C)C2CC1(C)C. The number of carbonyl (C=O) groups is 4. The van der Waals surface area contributed by atoms with Crippen LogP contribution in [0.3, 0.4) is 0 Å². The van der Waals surface area contributed by atoms with Gasteiger partial charge < -0.3 is 119 Å². The summed E-state index contributed by atoms with van der Waals surface area (Å²) in [6.07, 6.45) is -27.0. The first kappa shape index (κ1) is 69.1. The van der Waals surface area contributed by atoms with Gasteiger partial charge in [0.2, 0.25) is 0 Å². The summed E-state index contributed by atoms with van der Waals surface area (Å²) in [6, 6.07) is 0. The molecule has 9 rings (SSSR count). The molecule has 0 amide bonds. The number of carbonyl (C=O) groups excluding carboxylic acids is 3. The number of aliphatic hydroxyl groups is 12. The maximum absolute atomic E-state index is 14.0. The second-order valence-electron chi connectivity index (χ2n) is 28.1. The number of carboxylic acid groups (broad SMARTS) is 1. The zero-order valence-electron chi connectivity index (χ0n) is 51.4. The summed E-state index contributed by atoms with van der Waals surface area (Å²) in [5.74, 6) is -3.83. The average Bonchev–Trinajstić information content (AvgIpc) is 0.685. The van der Waals surface area contributed by atoms with Gasteiger partial charge in [0.05, 0.1) is 62.7 Å². The van der Waals surface area contributed by atoms with Crippen LogP contribution in [-0.4, -0.2) is 264 Å². The van der Waals surface area contributed by atoms with Crippen molar-refractivity contribution in [2.45, 2.75) is 241 Å². The minimum Gasteiger partial charge on any atom is -0.479 e. The van der Waals surface area contributed by atoms with Crippen molar-refractivity contribution < 1.29 is 133 Å². The van der Waals surface area contributed by atoms with E-state index in [0.29, 0.717) is 37.7 Å². The molecule has 0 aromatic carbocycles. The van der Waals surface area contributed by atoms with Crippen molar-refractivity contribution in [3.05, 3.63) is 23.3 Å². The first-order chi connectivity index (χ1) is 41.2. The quantitative estimate of drug-likeness (QED) is 0.0326. The third-order valence-corrected chi connectivity index (χ3v) is 22.4. The van der Waals surface area contributed by atoms with Gasteiger partial charge >= 0.3 is 17.9 Å². The van der Waals surface area contributed by atoms with Gasteiger partial charge in [0.15, 0.2) is 18.7 Å². The highest BCUT2D eigenvalue weighted by atomic mass is 16.8. The lowest BCUT2D eigenvalue weighted by molar-refractivity contribution is -0.366. The zero-order valence-corrected chi connectivity index (χ0v) is 51.4. The summed E-state index contributed by atoms with van der Waals surface area (Å²) in [7, 11) is 0. The number of carboxylic acids is 1. The van der Waals surface area contributed by atoms with Gasteiger partial charge in [-0.3, -0.25) is 4.79 Å². The monoisotopic (exact) mass is 1260 g/mol. The van der Waals surface area contributed by atoms with Crippen LogP contribution in [-0.2, 0) is 66.5 Å². The number of hydrogen-bond acceptors (Lipinski definition) is 26. The van der Waals surface area contributed by atoms with Gasteiger partial charge in [0.25, 0.3) is 0 Å². The number of rotatable bonds is 17. The summed E-state index contributed by atoms with van der Waals surface area (Å²) < 4.78 is 61.0. The molecule has 0 aromatic rings. The highest BCUT2D eigenvalue weighted by Crippen LogP contribution is 2.72. The minimum absolute atomic E-state index is 0.0363. The number of fused-ring (bicyclic) bond motifs is 7. The molecular formula is C61H94O27. The van der Waals surface area contributed by atoms with Crippen LogP contribution in [0.1, 0.15) is 107 Å². The summed E-state index contributed by atoms with van der Waals surface area (Å²) in [6.45, 7) is 12.0. The second kappa shape index (κ2) is 25.9. The summed E-state index contributed by atoms with van der Waals surface area (Å²) in [5.41, 5.74) is -5.22. The van der Waals surface area contributed by atoms with Crippen LogP contribution in [0.25, 0.3) is 0 Å². The van der Waals surface area contributed by atoms with Gasteiger partial charge in [-0.2, -0.15) is 0 Å². The van der Waals surface area contributed by atoms with E-state index >= 15 is 0 Å². The Hall–Kier alpha value is -3.24. The average molecular weight is 1260 g/mol. The van der Waals surface area contributed by atoms with Gasteiger partial charge in [0, 0.05) is 17.9 Å². The van der Waals surface area contributed by atoms with E-state index in [1.165, 1.54) is 13.8 Å². The smallest absolute Gasteiger partial charge is 0.335 e. The van der Waals surface area contributed by atoms with Gasteiger partial charge in [0.1, 0.15) is 110 Å². The van der Waals surface area contributed by atoms with Crippen LogP contribution in [0.4, 0.5) is 0 Å². The standard InChI is InChI=1S/C61H94O27/c1-10-26(2)53(78)87-50-51(83-27(3)65)61(24-64)31(17-56(50,4)5)30-12-11-28-29(58(30,7)18-37(61)68)13-14-36-57(28,6)16-15-38(59(36,8)23-63)79-22-35-45(85-55-48(40(70)33(67)21-81-55)86-54-43(73)39(69)32(66)20-80-54)46(44(74)47(84-35)52(76)77)82-25-60(9)49(75)42(72)41(71)34(19-62)88-60/h10,12,23,28-29,31-51,54-55,62,64,66-75H,11,13-22,24-25H2,1-9H3,(H,76,77)/b26-10+/t28?,29?,31?,32-,33+,34?,35?,36?,37?,38?,39+,40+,41+,42+,43-,44+,45?,46?,47?,48?,49-,50?,51?,54?,55?,57?,58?,59?,60?,61?/m1/s1. The van der Waals surface area contributed by atoms with Crippen LogP contribution in [0.2, 0.25) is 0 Å².